The van der Waals surface area contributed by atoms with Gasteiger partial charge in [0.1, 0.15) is 10.8 Å². The van der Waals surface area contributed by atoms with Crippen LogP contribution in [0, 0.1) is 6.92 Å². The zero-order valence-electron chi connectivity index (χ0n) is 8.47. The third-order valence-electron chi connectivity index (χ3n) is 1.85. The number of benzene rings is 1. The maximum Gasteiger partial charge on any atom is 0.257 e. The maximum absolute atomic E-state index is 11.7. The van der Waals surface area contributed by atoms with E-state index in [9.17, 15) is 9.90 Å². The molecule has 0 saturated carbocycles. The molecule has 0 aliphatic carbocycles. The Balaban J connectivity index is 2.14. The number of nitrogens with zero attached hydrogens (tertiary/aromatic N) is 2. The van der Waals surface area contributed by atoms with Crippen molar-refractivity contribution in [2.24, 2.45) is 0 Å². The highest BCUT2D eigenvalue weighted by atomic mass is 32.1. The van der Waals surface area contributed by atoms with Gasteiger partial charge in [0.05, 0.1) is 0 Å². The molecule has 2 aromatic rings. The Hall–Kier alpha value is -1.95. The van der Waals surface area contributed by atoms with Crippen LogP contribution < -0.4 is 5.32 Å². The van der Waals surface area contributed by atoms with Gasteiger partial charge in [0.15, 0.2) is 0 Å². The zero-order valence-corrected chi connectivity index (χ0v) is 9.28. The van der Waals surface area contributed by atoms with Crippen molar-refractivity contribution >= 4 is 22.4 Å². The van der Waals surface area contributed by atoms with Crippen LogP contribution in [0.5, 0.6) is 5.75 Å². The molecule has 1 aromatic carbocycles. The fourth-order valence-corrected chi connectivity index (χ4v) is 1.75. The van der Waals surface area contributed by atoms with E-state index in [2.05, 4.69) is 15.5 Å². The molecular formula is C10H9N3O2S. The molecule has 16 heavy (non-hydrogen) atoms. The van der Waals surface area contributed by atoms with Crippen LogP contribution in [0.2, 0.25) is 0 Å². The van der Waals surface area contributed by atoms with E-state index in [4.69, 9.17) is 0 Å². The summed E-state index contributed by atoms with van der Waals surface area (Å²) in [7, 11) is 0. The number of hydrogen-bond donors (Lipinski definition) is 2. The van der Waals surface area contributed by atoms with E-state index in [1.807, 2.05) is 6.92 Å². The second-order valence-corrected chi connectivity index (χ2v) is 4.31. The number of phenolic OH excluding ortho intramolecular Hbond substituents is 1. The molecule has 1 aromatic heterocycles. The van der Waals surface area contributed by atoms with Crippen LogP contribution >= 0.6 is 11.3 Å². The van der Waals surface area contributed by atoms with Crippen molar-refractivity contribution in [1.29, 1.82) is 0 Å². The van der Waals surface area contributed by atoms with Crippen LogP contribution in [0.3, 0.4) is 0 Å². The minimum absolute atomic E-state index is 0.0566. The lowest BCUT2D eigenvalue weighted by Gasteiger charge is -2.00. The smallest absolute Gasteiger partial charge is 0.257 e. The standard InChI is InChI=1S/C10H9N3O2S/c1-6-12-13-10(16-6)11-9(15)7-3-2-4-8(14)5-7/h2-5,14H,1H3,(H,11,13,15). The van der Waals surface area contributed by atoms with Crippen LogP contribution in [-0.4, -0.2) is 21.2 Å². The molecule has 1 amide bonds. The molecule has 0 radical (unpaired) electrons. The molecule has 5 nitrogen and oxygen atoms in total. The molecule has 0 atom stereocenters. The SMILES string of the molecule is Cc1nnc(NC(=O)c2cccc(O)c2)s1. The molecule has 0 aliphatic rings. The molecular weight excluding hydrogens is 226 g/mol. The Bertz CT molecular complexity index is 524. The lowest BCUT2D eigenvalue weighted by molar-refractivity contribution is 0.102. The number of nitrogens with one attached hydrogen (secondary N) is 1. The van der Waals surface area contributed by atoms with E-state index in [-0.39, 0.29) is 11.7 Å². The summed E-state index contributed by atoms with van der Waals surface area (Å²) in [6.07, 6.45) is 0. The number of carbonyl (C=O) groups is 1. The Morgan fingerprint density at radius 1 is 1.44 bits per heavy atom. The van der Waals surface area contributed by atoms with Crippen molar-refractivity contribution in [3.63, 3.8) is 0 Å². The number of aryl methyl sites for hydroxylation is 1. The van der Waals surface area contributed by atoms with Gasteiger partial charge in [0.2, 0.25) is 5.13 Å². The van der Waals surface area contributed by atoms with Crippen molar-refractivity contribution in [3.05, 3.63) is 34.8 Å². The Morgan fingerprint density at radius 2 is 2.25 bits per heavy atom. The number of phenols is 1. The lowest BCUT2D eigenvalue weighted by atomic mass is 10.2. The number of aromatic hydroxyl groups is 1. The molecule has 0 spiro atoms. The molecule has 0 fully saturated rings. The van der Waals surface area contributed by atoms with Gasteiger partial charge in [-0.2, -0.15) is 0 Å². The van der Waals surface area contributed by atoms with Crippen molar-refractivity contribution in [1.82, 2.24) is 10.2 Å². The zero-order chi connectivity index (χ0) is 11.5. The van der Waals surface area contributed by atoms with E-state index < -0.39 is 0 Å². The number of amides is 1. The van der Waals surface area contributed by atoms with Gasteiger partial charge in [-0.25, -0.2) is 0 Å². The van der Waals surface area contributed by atoms with Crippen molar-refractivity contribution in [2.75, 3.05) is 5.32 Å². The van der Waals surface area contributed by atoms with E-state index in [1.165, 1.54) is 23.5 Å². The second-order valence-electron chi connectivity index (χ2n) is 3.13. The first-order valence-corrected chi connectivity index (χ1v) is 5.37. The van der Waals surface area contributed by atoms with Gasteiger partial charge >= 0.3 is 0 Å². The van der Waals surface area contributed by atoms with Crippen molar-refractivity contribution < 1.29 is 9.90 Å². The summed E-state index contributed by atoms with van der Waals surface area (Å²) < 4.78 is 0. The molecule has 6 heteroatoms. The molecule has 2 rings (SSSR count). The fourth-order valence-electron chi connectivity index (χ4n) is 1.16. The van der Waals surface area contributed by atoms with Gasteiger partial charge in [-0.15, -0.1) is 10.2 Å². The van der Waals surface area contributed by atoms with Gasteiger partial charge < -0.3 is 5.11 Å². The Kier molecular flexibility index (Phi) is 2.82. The van der Waals surface area contributed by atoms with Crippen molar-refractivity contribution in [2.45, 2.75) is 6.92 Å². The number of hydrogen-bond acceptors (Lipinski definition) is 5. The summed E-state index contributed by atoms with van der Waals surface area (Å²) >= 11 is 1.30. The van der Waals surface area contributed by atoms with Gasteiger partial charge in [-0.05, 0) is 25.1 Å². The number of aromatic nitrogens is 2. The average molecular weight is 235 g/mol. The van der Waals surface area contributed by atoms with E-state index in [0.29, 0.717) is 10.7 Å². The first-order chi connectivity index (χ1) is 7.65. The lowest BCUT2D eigenvalue weighted by Crippen LogP contribution is -2.11. The molecule has 2 N–H and O–H groups in total. The fraction of sp³-hybridized carbons (Fsp3) is 0.100. The highest BCUT2D eigenvalue weighted by Crippen LogP contribution is 2.16. The third kappa shape index (κ3) is 2.34. The summed E-state index contributed by atoms with van der Waals surface area (Å²) in [5.41, 5.74) is 0.382. The molecule has 1 heterocycles. The van der Waals surface area contributed by atoms with Crippen LogP contribution in [-0.2, 0) is 0 Å². The number of anilines is 1. The summed E-state index contributed by atoms with van der Waals surface area (Å²) in [5, 5.41) is 20.6. The van der Waals surface area contributed by atoms with Crippen LogP contribution in [0.25, 0.3) is 0 Å². The van der Waals surface area contributed by atoms with Crippen LogP contribution in [0.1, 0.15) is 15.4 Å². The summed E-state index contributed by atoms with van der Waals surface area (Å²) in [6.45, 7) is 1.81. The van der Waals surface area contributed by atoms with E-state index in [0.717, 1.165) is 5.01 Å². The number of carbonyl (C=O) groups excluding carboxylic acids is 1. The van der Waals surface area contributed by atoms with Gasteiger partial charge in [-0.1, -0.05) is 17.4 Å². The highest BCUT2D eigenvalue weighted by Gasteiger charge is 2.09. The molecule has 82 valence electrons. The molecule has 0 bridgehead atoms. The normalized spacial score (nSPS) is 10.1. The van der Waals surface area contributed by atoms with Gasteiger partial charge in [0.25, 0.3) is 5.91 Å². The molecule has 0 unspecified atom stereocenters. The average Bonchev–Trinajstić information content (AvgIpc) is 2.64. The molecule has 0 saturated heterocycles. The minimum atomic E-state index is -0.313. The predicted molar refractivity (Wildman–Crippen MR) is 60.7 cm³/mol. The first-order valence-electron chi connectivity index (χ1n) is 4.55. The summed E-state index contributed by atoms with van der Waals surface area (Å²) in [5.74, 6) is -0.256. The largest absolute Gasteiger partial charge is 0.508 e. The van der Waals surface area contributed by atoms with Crippen LogP contribution in [0.15, 0.2) is 24.3 Å². The van der Waals surface area contributed by atoms with E-state index >= 15 is 0 Å². The van der Waals surface area contributed by atoms with Crippen molar-refractivity contribution in [3.8, 4) is 5.75 Å². The molecule has 0 aliphatic heterocycles. The maximum atomic E-state index is 11.7. The van der Waals surface area contributed by atoms with Gasteiger partial charge in [0, 0.05) is 5.56 Å². The first kappa shape index (κ1) is 10.6. The third-order valence-corrected chi connectivity index (χ3v) is 2.61. The Morgan fingerprint density at radius 3 is 2.88 bits per heavy atom. The quantitative estimate of drug-likeness (QED) is 0.832. The second kappa shape index (κ2) is 4.28. The highest BCUT2D eigenvalue weighted by molar-refractivity contribution is 7.15. The van der Waals surface area contributed by atoms with Crippen LogP contribution in [0.4, 0.5) is 5.13 Å². The summed E-state index contributed by atoms with van der Waals surface area (Å²) in [4.78, 5) is 11.7. The number of rotatable bonds is 2. The van der Waals surface area contributed by atoms with Gasteiger partial charge in [-0.3, -0.25) is 10.1 Å². The Labute approximate surface area is 95.8 Å². The monoisotopic (exact) mass is 235 g/mol. The minimum Gasteiger partial charge on any atom is -0.508 e. The topological polar surface area (TPSA) is 75.1 Å². The predicted octanol–water partition coefficient (Wildman–Crippen LogP) is 1.80. The van der Waals surface area contributed by atoms with E-state index in [1.54, 1.807) is 12.1 Å². The summed E-state index contributed by atoms with van der Waals surface area (Å²) in [6, 6.07) is 6.12.